The molecule has 0 unspecified atom stereocenters. The lowest BCUT2D eigenvalue weighted by atomic mass is 9.74. The molecule has 0 aliphatic heterocycles. The molecule has 0 heterocycles. The lowest BCUT2D eigenvalue weighted by Gasteiger charge is -2.29. The Bertz CT molecular complexity index is 1370. The molecule has 0 atom stereocenters. The highest BCUT2D eigenvalue weighted by Crippen LogP contribution is 2.53. The standard InChI is InChI=1S/C30H26O7/c1-4-36-28(33)30(29(34)37-5-2)23-14-10-9-13-22(23)24(25(30)19-11-7-6-8-12-19)26(31)20-15-17-21(18-16-20)27(32)35-3/h6-18H,4-5H2,1-3H3. The first kappa shape index (κ1) is 25.6. The highest BCUT2D eigenvalue weighted by Gasteiger charge is 2.60. The molecule has 0 bridgehead atoms. The second kappa shape index (κ2) is 10.6. The third kappa shape index (κ3) is 4.22. The molecule has 0 amide bonds. The van der Waals surface area contributed by atoms with Crippen LogP contribution in [0.5, 0.6) is 0 Å². The van der Waals surface area contributed by atoms with E-state index >= 15 is 0 Å². The SMILES string of the molecule is CCOC(=O)C1(C(=O)OCC)C(c2ccccc2)=C(C(=O)c2ccc(C(=O)OC)cc2)c2ccccc21. The van der Waals surface area contributed by atoms with Gasteiger partial charge in [-0.05, 0) is 42.7 Å². The van der Waals surface area contributed by atoms with Crippen LogP contribution in [0.2, 0.25) is 0 Å². The van der Waals surface area contributed by atoms with E-state index in [0.29, 0.717) is 16.7 Å². The van der Waals surface area contributed by atoms with Crippen LogP contribution in [-0.4, -0.2) is 44.0 Å². The maximum absolute atomic E-state index is 14.1. The molecule has 0 aromatic heterocycles. The number of carbonyl (C=O) groups excluding carboxylic acids is 4. The van der Waals surface area contributed by atoms with Gasteiger partial charge in [-0.1, -0.05) is 66.7 Å². The maximum atomic E-state index is 14.1. The van der Waals surface area contributed by atoms with E-state index in [4.69, 9.17) is 14.2 Å². The van der Waals surface area contributed by atoms with Crippen molar-refractivity contribution >= 4 is 34.8 Å². The van der Waals surface area contributed by atoms with E-state index in [0.717, 1.165) is 0 Å². The fourth-order valence-corrected chi connectivity index (χ4v) is 4.69. The summed E-state index contributed by atoms with van der Waals surface area (Å²) in [5.74, 6) is -2.58. The smallest absolute Gasteiger partial charge is 0.337 e. The van der Waals surface area contributed by atoms with Gasteiger partial charge in [-0.2, -0.15) is 0 Å². The van der Waals surface area contributed by atoms with Crippen LogP contribution < -0.4 is 0 Å². The normalized spacial score (nSPS) is 13.5. The summed E-state index contributed by atoms with van der Waals surface area (Å²) in [5.41, 5.74) is 0.215. The number of carbonyl (C=O) groups is 4. The van der Waals surface area contributed by atoms with E-state index in [1.165, 1.54) is 31.4 Å². The van der Waals surface area contributed by atoms with Crippen molar-refractivity contribution < 1.29 is 33.4 Å². The van der Waals surface area contributed by atoms with Crippen molar-refractivity contribution in [1.29, 1.82) is 0 Å². The number of allylic oxidation sites excluding steroid dienone is 1. The molecule has 0 fully saturated rings. The number of Topliss-reactive ketones (excluding diaryl/α,β-unsaturated/α-hetero) is 1. The van der Waals surface area contributed by atoms with E-state index in [1.807, 2.05) is 0 Å². The van der Waals surface area contributed by atoms with E-state index in [1.54, 1.807) is 68.4 Å². The zero-order valence-corrected chi connectivity index (χ0v) is 20.8. The first-order chi connectivity index (χ1) is 17.9. The molecule has 0 saturated heterocycles. The minimum atomic E-state index is -2.00. The minimum Gasteiger partial charge on any atom is -0.465 e. The summed E-state index contributed by atoms with van der Waals surface area (Å²) in [5, 5.41) is 0. The van der Waals surface area contributed by atoms with Crippen LogP contribution in [0.15, 0.2) is 78.9 Å². The first-order valence-electron chi connectivity index (χ1n) is 11.9. The number of rotatable bonds is 8. The zero-order valence-electron chi connectivity index (χ0n) is 20.8. The Morgan fingerprint density at radius 2 is 1.24 bits per heavy atom. The Morgan fingerprint density at radius 1 is 0.703 bits per heavy atom. The van der Waals surface area contributed by atoms with Crippen LogP contribution in [-0.2, 0) is 29.2 Å². The van der Waals surface area contributed by atoms with E-state index < -0.39 is 29.1 Å². The molecule has 0 saturated carbocycles. The van der Waals surface area contributed by atoms with Crippen molar-refractivity contribution in [3.63, 3.8) is 0 Å². The van der Waals surface area contributed by atoms with Gasteiger partial charge in [0.05, 0.1) is 25.9 Å². The van der Waals surface area contributed by atoms with Crippen LogP contribution in [0, 0.1) is 0 Å². The number of ketones is 1. The van der Waals surface area contributed by atoms with Gasteiger partial charge in [-0.15, -0.1) is 0 Å². The molecule has 0 radical (unpaired) electrons. The molecule has 1 aliphatic rings. The van der Waals surface area contributed by atoms with E-state index in [2.05, 4.69) is 0 Å². The summed E-state index contributed by atoms with van der Waals surface area (Å²) in [6.45, 7) is 3.36. The van der Waals surface area contributed by atoms with E-state index in [9.17, 15) is 19.2 Å². The molecule has 37 heavy (non-hydrogen) atoms. The van der Waals surface area contributed by atoms with Gasteiger partial charge >= 0.3 is 17.9 Å². The molecule has 7 heteroatoms. The molecular formula is C30H26O7. The summed E-state index contributed by atoms with van der Waals surface area (Å²) in [4.78, 5) is 53.5. The molecule has 3 aromatic rings. The lowest BCUT2D eigenvalue weighted by Crippen LogP contribution is -2.46. The average Bonchev–Trinajstić information content (AvgIpc) is 3.25. The monoisotopic (exact) mass is 498 g/mol. The number of methoxy groups -OCH3 is 1. The second-order valence-corrected chi connectivity index (χ2v) is 8.25. The molecule has 7 nitrogen and oxygen atoms in total. The summed E-state index contributed by atoms with van der Waals surface area (Å²) >= 11 is 0. The third-order valence-corrected chi connectivity index (χ3v) is 6.25. The quantitative estimate of drug-likeness (QED) is 0.193. The minimum absolute atomic E-state index is 0.0303. The summed E-state index contributed by atoms with van der Waals surface area (Å²) in [7, 11) is 1.28. The first-order valence-corrected chi connectivity index (χ1v) is 11.9. The van der Waals surface area contributed by atoms with Gasteiger partial charge in [0.2, 0.25) is 5.41 Å². The van der Waals surface area contributed by atoms with Crippen molar-refractivity contribution in [1.82, 2.24) is 0 Å². The topological polar surface area (TPSA) is 96.0 Å². The lowest BCUT2D eigenvalue weighted by molar-refractivity contribution is -0.161. The molecule has 188 valence electrons. The Morgan fingerprint density at radius 3 is 1.81 bits per heavy atom. The van der Waals surface area contributed by atoms with Crippen LogP contribution in [0.4, 0.5) is 0 Å². The molecule has 3 aromatic carbocycles. The van der Waals surface area contributed by atoms with Crippen molar-refractivity contribution in [3.05, 3.63) is 107 Å². The van der Waals surface area contributed by atoms with Gasteiger partial charge in [0, 0.05) is 16.7 Å². The third-order valence-electron chi connectivity index (χ3n) is 6.25. The molecule has 1 aliphatic carbocycles. The van der Waals surface area contributed by atoms with Gasteiger partial charge in [0.1, 0.15) is 0 Å². The van der Waals surface area contributed by atoms with Crippen LogP contribution in [0.25, 0.3) is 11.1 Å². The fourth-order valence-electron chi connectivity index (χ4n) is 4.69. The Hall–Kier alpha value is -4.52. The number of ether oxygens (including phenoxy) is 3. The Balaban J connectivity index is 2.06. The zero-order chi connectivity index (χ0) is 26.6. The highest BCUT2D eigenvalue weighted by molar-refractivity contribution is 6.42. The number of hydrogen-bond donors (Lipinski definition) is 0. The van der Waals surface area contributed by atoms with Crippen molar-refractivity contribution in [2.24, 2.45) is 0 Å². The molecule has 4 rings (SSSR count). The van der Waals surface area contributed by atoms with E-state index in [-0.39, 0.29) is 35.5 Å². The predicted octanol–water partition coefficient (Wildman–Crippen LogP) is 4.64. The second-order valence-electron chi connectivity index (χ2n) is 8.25. The van der Waals surface area contributed by atoms with Crippen LogP contribution >= 0.6 is 0 Å². The maximum Gasteiger partial charge on any atom is 0.337 e. The van der Waals surface area contributed by atoms with Gasteiger partial charge < -0.3 is 14.2 Å². The summed E-state index contributed by atoms with van der Waals surface area (Å²) in [6.07, 6.45) is 0. The van der Waals surface area contributed by atoms with Crippen LogP contribution in [0.3, 0.4) is 0 Å². The number of hydrogen-bond acceptors (Lipinski definition) is 7. The van der Waals surface area contributed by atoms with Crippen molar-refractivity contribution in [3.8, 4) is 0 Å². The van der Waals surface area contributed by atoms with Gasteiger partial charge in [0.25, 0.3) is 0 Å². The van der Waals surface area contributed by atoms with Gasteiger partial charge in [0.15, 0.2) is 5.78 Å². The van der Waals surface area contributed by atoms with Crippen LogP contribution in [0.1, 0.15) is 51.3 Å². The Labute approximate surface area is 214 Å². The summed E-state index contributed by atoms with van der Waals surface area (Å²) < 4.78 is 15.7. The van der Waals surface area contributed by atoms with Gasteiger partial charge in [-0.25, -0.2) is 4.79 Å². The van der Waals surface area contributed by atoms with Gasteiger partial charge in [-0.3, -0.25) is 14.4 Å². The average molecular weight is 499 g/mol. The highest BCUT2D eigenvalue weighted by atomic mass is 16.6. The molecular weight excluding hydrogens is 472 g/mol. The fraction of sp³-hybridized carbons (Fsp3) is 0.200. The summed E-state index contributed by atoms with van der Waals surface area (Å²) in [6, 6.07) is 21.6. The predicted molar refractivity (Wildman–Crippen MR) is 137 cm³/mol. The largest absolute Gasteiger partial charge is 0.465 e. The molecule has 0 N–H and O–H groups in total. The molecule has 0 spiro atoms. The van der Waals surface area contributed by atoms with Crippen molar-refractivity contribution in [2.75, 3.05) is 20.3 Å². The van der Waals surface area contributed by atoms with Crippen molar-refractivity contribution in [2.45, 2.75) is 19.3 Å². The number of benzene rings is 3. The number of fused-ring (bicyclic) bond motifs is 1. The number of esters is 3. The Kier molecular flexibility index (Phi) is 7.34.